The molecule has 0 atom stereocenters. The molecule has 0 amide bonds. The summed E-state index contributed by atoms with van der Waals surface area (Å²) in [6.45, 7) is 0. The lowest BCUT2D eigenvalue weighted by atomic mass is 10.2. The number of hydrogen-bond donors (Lipinski definition) is 0. The highest BCUT2D eigenvalue weighted by atomic mass is 28.3. The van der Waals surface area contributed by atoms with Crippen molar-refractivity contribution >= 4 is 28.8 Å². The summed E-state index contributed by atoms with van der Waals surface area (Å²) in [6.07, 6.45) is 0. The molecular weight excluding hydrogens is 456 g/mol. The van der Waals surface area contributed by atoms with E-state index >= 15 is 0 Å². The summed E-state index contributed by atoms with van der Waals surface area (Å²) in [7, 11) is -2.54. The Labute approximate surface area is 211 Å². The third-order valence-electron chi connectivity index (χ3n) is 6.63. The van der Waals surface area contributed by atoms with Crippen LogP contribution < -0.4 is 20.7 Å². The fourth-order valence-corrected chi connectivity index (χ4v) is 9.71. The first-order valence-corrected chi connectivity index (χ1v) is 14.0. The third-order valence-corrected chi connectivity index (χ3v) is 11.4. The summed E-state index contributed by atoms with van der Waals surface area (Å²) in [5.41, 5.74) is 1.82. The van der Waals surface area contributed by atoms with Gasteiger partial charge in [0, 0.05) is 11.1 Å². The van der Waals surface area contributed by atoms with Crippen LogP contribution >= 0.6 is 0 Å². The fraction of sp³-hybridized carbons (Fsp3) is 0. The first-order valence-electron chi connectivity index (χ1n) is 12.0. The summed E-state index contributed by atoms with van der Waals surface area (Å²) in [5, 5.41) is 13.9. The van der Waals surface area contributed by atoms with Crippen molar-refractivity contribution in [1.29, 1.82) is 0 Å². The molecule has 0 aliphatic heterocycles. The van der Waals surface area contributed by atoms with Gasteiger partial charge in [-0.05, 0) is 45.0 Å². The van der Waals surface area contributed by atoms with Crippen LogP contribution in [-0.4, -0.2) is 18.3 Å². The molecule has 0 fully saturated rings. The summed E-state index contributed by atoms with van der Waals surface area (Å²) >= 11 is 0. The molecule has 6 rings (SSSR count). The van der Waals surface area contributed by atoms with Gasteiger partial charge in [0.05, 0.1) is 0 Å². The molecule has 5 aromatic carbocycles. The van der Waals surface area contributed by atoms with E-state index < -0.39 is 8.07 Å². The van der Waals surface area contributed by atoms with Crippen LogP contribution in [-0.2, 0) is 0 Å². The minimum absolute atomic E-state index is 0.520. The average Bonchev–Trinajstić information content (AvgIpc) is 3.47. The molecule has 0 aliphatic rings. The standard InChI is InChI=1S/C32H24N2OSi/c1-5-13-25(14-6-1)31-33-34-32(35-31)26-21-23-30(24-22-26)36(27-15-7-2-8-16-27,28-17-9-3-10-18-28)29-19-11-4-12-20-29/h1-24H. The number of rotatable bonds is 6. The molecular formula is C32H24N2OSi. The van der Waals surface area contributed by atoms with Crippen LogP contribution in [0.2, 0.25) is 0 Å². The smallest absolute Gasteiger partial charge is 0.248 e. The van der Waals surface area contributed by atoms with E-state index in [2.05, 4.69) is 125 Å². The van der Waals surface area contributed by atoms with Crippen molar-refractivity contribution in [3.8, 4) is 22.9 Å². The highest BCUT2D eigenvalue weighted by Crippen LogP contribution is 2.23. The van der Waals surface area contributed by atoms with Gasteiger partial charge in [0.25, 0.3) is 0 Å². The quantitative estimate of drug-likeness (QED) is 0.254. The SMILES string of the molecule is c1ccc(-c2nnc(-c3ccc([Si](c4ccccc4)(c4ccccc4)c4ccccc4)cc3)o2)cc1. The summed E-state index contributed by atoms with van der Waals surface area (Å²) in [4.78, 5) is 0. The Morgan fingerprint density at radius 2 is 0.694 bits per heavy atom. The molecule has 4 heteroatoms. The van der Waals surface area contributed by atoms with E-state index in [0.29, 0.717) is 11.8 Å². The minimum atomic E-state index is -2.54. The van der Waals surface area contributed by atoms with Gasteiger partial charge in [0.15, 0.2) is 8.07 Å². The highest BCUT2D eigenvalue weighted by molar-refractivity contribution is 7.19. The Bertz CT molecular complexity index is 1450. The molecule has 1 aromatic heterocycles. The van der Waals surface area contributed by atoms with Crippen molar-refractivity contribution in [1.82, 2.24) is 10.2 Å². The third kappa shape index (κ3) is 3.88. The Balaban J connectivity index is 1.50. The molecule has 0 bridgehead atoms. The second-order valence-corrected chi connectivity index (χ2v) is 12.5. The number of hydrogen-bond acceptors (Lipinski definition) is 3. The average molecular weight is 481 g/mol. The second kappa shape index (κ2) is 9.60. The Morgan fingerprint density at radius 3 is 1.11 bits per heavy atom. The zero-order chi connectivity index (χ0) is 24.2. The van der Waals surface area contributed by atoms with Crippen LogP contribution in [0.4, 0.5) is 0 Å². The lowest BCUT2D eigenvalue weighted by Crippen LogP contribution is -2.74. The normalized spacial score (nSPS) is 11.3. The van der Waals surface area contributed by atoms with E-state index in [1.54, 1.807) is 0 Å². The van der Waals surface area contributed by atoms with Gasteiger partial charge < -0.3 is 4.42 Å². The maximum Gasteiger partial charge on any atom is 0.248 e. The molecule has 6 aromatic rings. The predicted molar refractivity (Wildman–Crippen MR) is 149 cm³/mol. The largest absolute Gasteiger partial charge is 0.416 e. The lowest BCUT2D eigenvalue weighted by molar-refractivity contribution is 0.584. The zero-order valence-corrected chi connectivity index (χ0v) is 20.7. The molecule has 0 radical (unpaired) electrons. The van der Waals surface area contributed by atoms with Gasteiger partial charge in [-0.1, -0.05) is 121 Å². The first kappa shape index (κ1) is 22.0. The van der Waals surface area contributed by atoms with Gasteiger partial charge in [-0.25, -0.2) is 0 Å². The van der Waals surface area contributed by atoms with Crippen LogP contribution in [0, 0.1) is 0 Å². The number of aromatic nitrogens is 2. The maximum absolute atomic E-state index is 6.02. The number of benzene rings is 5. The fourth-order valence-electron chi connectivity index (χ4n) is 4.96. The van der Waals surface area contributed by atoms with Gasteiger partial charge >= 0.3 is 0 Å². The van der Waals surface area contributed by atoms with Gasteiger partial charge in [0.1, 0.15) is 0 Å². The summed E-state index contributed by atoms with van der Waals surface area (Å²) in [6, 6.07) is 51.2. The van der Waals surface area contributed by atoms with Gasteiger partial charge in [-0.3, -0.25) is 0 Å². The van der Waals surface area contributed by atoms with Crippen molar-refractivity contribution in [2.75, 3.05) is 0 Å². The van der Waals surface area contributed by atoms with E-state index in [-0.39, 0.29) is 0 Å². The molecule has 0 aliphatic carbocycles. The maximum atomic E-state index is 6.02. The van der Waals surface area contributed by atoms with Gasteiger partial charge in [-0.2, -0.15) is 0 Å². The predicted octanol–water partition coefficient (Wildman–Crippen LogP) is 4.78. The van der Waals surface area contributed by atoms with Gasteiger partial charge in [-0.15, -0.1) is 10.2 Å². The van der Waals surface area contributed by atoms with E-state index in [4.69, 9.17) is 4.42 Å². The van der Waals surface area contributed by atoms with Crippen LogP contribution in [0.1, 0.15) is 0 Å². The molecule has 0 spiro atoms. The van der Waals surface area contributed by atoms with Crippen LogP contribution in [0.3, 0.4) is 0 Å². The van der Waals surface area contributed by atoms with Crippen molar-refractivity contribution in [3.05, 3.63) is 146 Å². The van der Waals surface area contributed by atoms with Gasteiger partial charge in [0.2, 0.25) is 11.8 Å². The molecule has 0 N–H and O–H groups in total. The van der Waals surface area contributed by atoms with Crippen molar-refractivity contribution in [2.45, 2.75) is 0 Å². The molecule has 172 valence electrons. The van der Waals surface area contributed by atoms with Crippen LogP contribution in [0.5, 0.6) is 0 Å². The molecule has 0 unspecified atom stereocenters. The summed E-state index contributed by atoms with van der Waals surface area (Å²) in [5.74, 6) is 1.04. The Kier molecular flexibility index (Phi) is 5.86. The Hall–Kier alpha value is -4.54. The lowest BCUT2D eigenvalue weighted by Gasteiger charge is -2.34. The molecule has 0 saturated heterocycles. The topological polar surface area (TPSA) is 38.9 Å². The molecule has 3 nitrogen and oxygen atoms in total. The molecule has 1 heterocycles. The Morgan fingerprint density at radius 1 is 0.361 bits per heavy atom. The van der Waals surface area contributed by atoms with Crippen LogP contribution in [0.25, 0.3) is 22.9 Å². The zero-order valence-electron chi connectivity index (χ0n) is 19.7. The van der Waals surface area contributed by atoms with Crippen molar-refractivity contribution in [2.24, 2.45) is 0 Å². The minimum Gasteiger partial charge on any atom is -0.416 e. The van der Waals surface area contributed by atoms with Crippen molar-refractivity contribution < 1.29 is 4.42 Å². The van der Waals surface area contributed by atoms with E-state index in [9.17, 15) is 0 Å². The second-order valence-electron chi connectivity index (χ2n) is 8.70. The first-order chi connectivity index (χ1) is 17.9. The van der Waals surface area contributed by atoms with E-state index in [1.165, 1.54) is 20.7 Å². The van der Waals surface area contributed by atoms with Crippen molar-refractivity contribution in [3.63, 3.8) is 0 Å². The molecule has 0 saturated carbocycles. The van der Waals surface area contributed by atoms with E-state index in [0.717, 1.165) is 11.1 Å². The monoisotopic (exact) mass is 480 g/mol. The molecule has 36 heavy (non-hydrogen) atoms. The highest BCUT2D eigenvalue weighted by Gasteiger charge is 2.41. The van der Waals surface area contributed by atoms with E-state index in [1.807, 2.05) is 30.3 Å². The van der Waals surface area contributed by atoms with Crippen LogP contribution in [0.15, 0.2) is 150 Å². The summed E-state index contributed by atoms with van der Waals surface area (Å²) < 4.78 is 6.02. The number of nitrogens with zero attached hydrogens (tertiary/aromatic N) is 2.